The van der Waals surface area contributed by atoms with Crippen molar-refractivity contribution in [1.82, 2.24) is 10.6 Å². The molecule has 0 saturated carbocycles. The molecule has 2 N–H and O–H groups in total. The van der Waals surface area contributed by atoms with Crippen LogP contribution in [0.5, 0.6) is 0 Å². The molecule has 0 bridgehead atoms. The molecule has 1 rings (SSSR count). The molecule has 1 saturated heterocycles. The monoisotopic (exact) mass is 198 g/mol. The third kappa shape index (κ3) is 2.20. The Morgan fingerprint density at radius 3 is 1.36 bits per heavy atom. The molecular weight excluding hydrogens is 176 g/mol. The van der Waals surface area contributed by atoms with Crippen LogP contribution < -0.4 is 10.6 Å². The number of amides is 2. The Bertz CT molecular complexity index is 211. The van der Waals surface area contributed by atoms with E-state index in [9.17, 15) is 4.79 Å². The molecule has 14 heavy (non-hydrogen) atoms. The zero-order valence-electron chi connectivity index (χ0n) is 10.1. The lowest BCUT2D eigenvalue weighted by Crippen LogP contribution is -2.50. The smallest absolute Gasteiger partial charge is 0.315 e. The normalized spacial score (nSPS) is 28.6. The standard InChI is InChI=1S/C11H22N2O/c1-10(2,3)7-8(11(4,5)6)13-9(14)12-7/h7-8H,1-6H3,(H2,12,13,14)/t7-,8-/m0/s1. The van der Waals surface area contributed by atoms with Crippen molar-refractivity contribution < 1.29 is 4.79 Å². The summed E-state index contributed by atoms with van der Waals surface area (Å²) >= 11 is 0. The van der Waals surface area contributed by atoms with E-state index in [0.717, 1.165) is 0 Å². The first-order valence-electron chi connectivity index (χ1n) is 5.19. The van der Waals surface area contributed by atoms with Gasteiger partial charge in [-0.05, 0) is 10.8 Å². The predicted molar refractivity (Wildman–Crippen MR) is 58.2 cm³/mol. The van der Waals surface area contributed by atoms with Gasteiger partial charge in [0.25, 0.3) is 0 Å². The molecule has 0 aromatic carbocycles. The first kappa shape index (κ1) is 11.3. The zero-order chi connectivity index (χ0) is 11.1. The minimum Gasteiger partial charge on any atom is -0.333 e. The van der Waals surface area contributed by atoms with Gasteiger partial charge in [0, 0.05) is 0 Å². The van der Waals surface area contributed by atoms with E-state index in [1.165, 1.54) is 0 Å². The molecule has 1 aliphatic rings. The summed E-state index contributed by atoms with van der Waals surface area (Å²) in [5, 5.41) is 6.00. The maximum atomic E-state index is 11.3. The highest BCUT2D eigenvalue weighted by Crippen LogP contribution is 2.33. The number of urea groups is 1. The molecule has 1 aliphatic heterocycles. The summed E-state index contributed by atoms with van der Waals surface area (Å²) in [6.45, 7) is 12.9. The summed E-state index contributed by atoms with van der Waals surface area (Å²) in [7, 11) is 0. The molecule has 0 radical (unpaired) electrons. The van der Waals surface area contributed by atoms with E-state index in [-0.39, 0.29) is 28.9 Å². The van der Waals surface area contributed by atoms with Crippen molar-refractivity contribution in [2.24, 2.45) is 10.8 Å². The van der Waals surface area contributed by atoms with Gasteiger partial charge in [0.1, 0.15) is 0 Å². The molecule has 3 heteroatoms. The predicted octanol–water partition coefficient (Wildman–Crippen LogP) is 2.13. The molecule has 2 amide bonds. The third-order valence-electron chi connectivity index (χ3n) is 2.77. The molecule has 0 aromatic heterocycles. The van der Waals surface area contributed by atoms with Crippen LogP contribution in [0.15, 0.2) is 0 Å². The molecule has 82 valence electrons. The van der Waals surface area contributed by atoms with Crippen molar-refractivity contribution in [3.05, 3.63) is 0 Å². The van der Waals surface area contributed by atoms with Gasteiger partial charge in [0.05, 0.1) is 12.1 Å². The highest BCUT2D eigenvalue weighted by molar-refractivity contribution is 5.77. The van der Waals surface area contributed by atoms with Crippen LogP contribution in [0.1, 0.15) is 41.5 Å². The van der Waals surface area contributed by atoms with Crippen molar-refractivity contribution in [3.8, 4) is 0 Å². The Balaban J connectivity index is 2.89. The summed E-state index contributed by atoms with van der Waals surface area (Å²) in [6.07, 6.45) is 0. The summed E-state index contributed by atoms with van der Waals surface area (Å²) in [6, 6.07) is 0.370. The Kier molecular flexibility index (Phi) is 2.55. The van der Waals surface area contributed by atoms with Crippen LogP contribution in [-0.4, -0.2) is 18.1 Å². The van der Waals surface area contributed by atoms with Crippen LogP contribution in [0.25, 0.3) is 0 Å². The van der Waals surface area contributed by atoms with Gasteiger partial charge in [-0.25, -0.2) is 4.79 Å². The lowest BCUT2D eigenvalue weighted by molar-refractivity contribution is 0.184. The molecular formula is C11H22N2O. The Morgan fingerprint density at radius 2 is 1.14 bits per heavy atom. The molecule has 2 atom stereocenters. The van der Waals surface area contributed by atoms with Crippen molar-refractivity contribution in [3.63, 3.8) is 0 Å². The number of carbonyl (C=O) groups excluding carboxylic acids is 1. The van der Waals surface area contributed by atoms with Gasteiger partial charge in [-0.2, -0.15) is 0 Å². The second kappa shape index (κ2) is 3.14. The van der Waals surface area contributed by atoms with Crippen LogP contribution in [-0.2, 0) is 0 Å². The zero-order valence-corrected chi connectivity index (χ0v) is 10.1. The lowest BCUT2D eigenvalue weighted by atomic mass is 9.74. The Morgan fingerprint density at radius 1 is 0.857 bits per heavy atom. The van der Waals surface area contributed by atoms with E-state index in [4.69, 9.17) is 0 Å². The minimum absolute atomic E-state index is 0.0372. The van der Waals surface area contributed by atoms with E-state index in [0.29, 0.717) is 0 Å². The van der Waals surface area contributed by atoms with Gasteiger partial charge in [-0.15, -0.1) is 0 Å². The number of carbonyl (C=O) groups is 1. The fraction of sp³-hybridized carbons (Fsp3) is 0.909. The van der Waals surface area contributed by atoms with Crippen LogP contribution in [0.2, 0.25) is 0 Å². The maximum Gasteiger partial charge on any atom is 0.315 e. The number of nitrogens with one attached hydrogen (secondary N) is 2. The van der Waals surface area contributed by atoms with Crippen LogP contribution in [0, 0.1) is 10.8 Å². The molecule has 0 spiro atoms. The second-order valence-corrected chi connectivity index (χ2v) is 6.31. The van der Waals surface area contributed by atoms with Crippen LogP contribution in [0.4, 0.5) is 4.79 Å². The highest BCUT2D eigenvalue weighted by Gasteiger charge is 2.44. The molecule has 3 nitrogen and oxygen atoms in total. The van der Waals surface area contributed by atoms with E-state index >= 15 is 0 Å². The average molecular weight is 198 g/mol. The highest BCUT2D eigenvalue weighted by atomic mass is 16.2. The number of rotatable bonds is 0. The lowest BCUT2D eigenvalue weighted by Gasteiger charge is -2.37. The summed E-state index contributed by atoms with van der Waals surface area (Å²) in [4.78, 5) is 11.3. The van der Waals surface area contributed by atoms with Gasteiger partial charge < -0.3 is 10.6 Å². The first-order chi connectivity index (χ1) is 6.12. The van der Waals surface area contributed by atoms with Crippen LogP contribution >= 0.6 is 0 Å². The number of hydrogen-bond donors (Lipinski definition) is 2. The van der Waals surface area contributed by atoms with Gasteiger partial charge >= 0.3 is 6.03 Å². The Labute approximate surface area is 86.6 Å². The summed E-state index contributed by atoms with van der Waals surface area (Å²) < 4.78 is 0. The van der Waals surface area contributed by atoms with Crippen molar-refractivity contribution in [1.29, 1.82) is 0 Å². The van der Waals surface area contributed by atoms with Gasteiger partial charge in [0.15, 0.2) is 0 Å². The maximum absolute atomic E-state index is 11.3. The van der Waals surface area contributed by atoms with Gasteiger partial charge in [-0.1, -0.05) is 41.5 Å². The topological polar surface area (TPSA) is 41.1 Å². The van der Waals surface area contributed by atoms with E-state index in [1.807, 2.05) is 0 Å². The Hall–Kier alpha value is -0.730. The summed E-state index contributed by atoms with van der Waals surface area (Å²) in [5.41, 5.74) is 0.189. The largest absolute Gasteiger partial charge is 0.333 e. The molecule has 1 heterocycles. The minimum atomic E-state index is -0.0372. The second-order valence-electron chi connectivity index (χ2n) is 6.31. The van der Waals surface area contributed by atoms with E-state index < -0.39 is 0 Å². The van der Waals surface area contributed by atoms with E-state index in [2.05, 4.69) is 52.2 Å². The van der Waals surface area contributed by atoms with Crippen molar-refractivity contribution in [2.75, 3.05) is 0 Å². The fourth-order valence-corrected chi connectivity index (χ4v) is 1.92. The van der Waals surface area contributed by atoms with Gasteiger partial charge in [-0.3, -0.25) is 0 Å². The van der Waals surface area contributed by atoms with Crippen molar-refractivity contribution >= 4 is 6.03 Å². The molecule has 0 aliphatic carbocycles. The number of hydrogen-bond acceptors (Lipinski definition) is 1. The third-order valence-corrected chi connectivity index (χ3v) is 2.77. The first-order valence-corrected chi connectivity index (χ1v) is 5.19. The van der Waals surface area contributed by atoms with E-state index in [1.54, 1.807) is 0 Å². The molecule has 0 aromatic rings. The van der Waals surface area contributed by atoms with Gasteiger partial charge in [0.2, 0.25) is 0 Å². The van der Waals surface area contributed by atoms with Crippen LogP contribution in [0.3, 0.4) is 0 Å². The molecule has 0 unspecified atom stereocenters. The molecule has 1 fully saturated rings. The quantitative estimate of drug-likeness (QED) is 0.615. The SMILES string of the molecule is CC(C)(C)[C@H]1NC(=O)N[C@@H]1C(C)(C)C. The van der Waals surface area contributed by atoms with Crippen molar-refractivity contribution in [2.45, 2.75) is 53.6 Å². The fourth-order valence-electron chi connectivity index (χ4n) is 1.92. The average Bonchev–Trinajstić information content (AvgIpc) is 2.27. The summed E-state index contributed by atoms with van der Waals surface area (Å²) in [5.74, 6) is 0.